The van der Waals surface area contributed by atoms with Gasteiger partial charge in [0.05, 0.1) is 17.1 Å². The first-order valence-corrected chi connectivity index (χ1v) is 6.79. The van der Waals surface area contributed by atoms with Crippen molar-refractivity contribution in [3.63, 3.8) is 0 Å². The first-order chi connectivity index (χ1) is 7.74. The Bertz CT molecular complexity index is 478. The number of aryl methyl sites for hydroxylation is 1. The first-order valence-electron chi connectivity index (χ1n) is 5.40. The van der Waals surface area contributed by atoms with Crippen LogP contribution in [0.15, 0.2) is 24.3 Å². The molecule has 3 nitrogen and oxygen atoms in total. The number of thioether (sulfide) groups is 1. The average Bonchev–Trinajstić information content (AvgIpc) is 2.64. The lowest BCUT2D eigenvalue weighted by atomic mass is 10.2. The molecule has 0 unspecified atom stereocenters. The van der Waals surface area contributed by atoms with E-state index in [-0.39, 0.29) is 6.04 Å². The second kappa shape index (κ2) is 4.89. The number of imidazole rings is 1. The maximum atomic E-state index is 6.15. The molecule has 16 heavy (non-hydrogen) atoms. The molecular weight excluding hydrogens is 218 g/mol. The molecule has 0 spiro atoms. The summed E-state index contributed by atoms with van der Waals surface area (Å²) in [5.41, 5.74) is 8.33. The van der Waals surface area contributed by atoms with Crippen molar-refractivity contribution in [2.45, 2.75) is 12.5 Å². The zero-order valence-electron chi connectivity index (χ0n) is 9.68. The fourth-order valence-corrected chi connectivity index (χ4v) is 2.36. The normalized spacial score (nSPS) is 13.2. The van der Waals surface area contributed by atoms with Crippen LogP contribution in [0.4, 0.5) is 0 Å². The van der Waals surface area contributed by atoms with Gasteiger partial charge in [0.25, 0.3) is 0 Å². The molecule has 1 atom stereocenters. The molecule has 2 rings (SSSR count). The van der Waals surface area contributed by atoms with Gasteiger partial charge in [0.15, 0.2) is 0 Å². The summed E-state index contributed by atoms with van der Waals surface area (Å²) in [6.07, 6.45) is 3.07. The van der Waals surface area contributed by atoms with Crippen molar-refractivity contribution < 1.29 is 0 Å². The van der Waals surface area contributed by atoms with E-state index < -0.39 is 0 Å². The minimum absolute atomic E-state index is 0.0323. The first kappa shape index (κ1) is 11.5. The molecule has 86 valence electrons. The average molecular weight is 235 g/mol. The molecular formula is C12H17N3S. The van der Waals surface area contributed by atoms with Gasteiger partial charge in [-0.25, -0.2) is 4.98 Å². The van der Waals surface area contributed by atoms with Crippen LogP contribution in [0.25, 0.3) is 11.0 Å². The zero-order chi connectivity index (χ0) is 11.5. The number of para-hydroxylation sites is 2. The van der Waals surface area contributed by atoms with Gasteiger partial charge >= 0.3 is 0 Å². The molecule has 2 aromatic rings. The maximum absolute atomic E-state index is 6.15. The number of nitrogens with zero attached hydrogens (tertiary/aromatic N) is 2. The summed E-state index contributed by atoms with van der Waals surface area (Å²) in [6.45, 7) is 0. The fourth-order valence-electron chi connectivity index (χ4n) is 1.87. The highest BCUT2D eigenvalue weighted by atomic mass is 32.2. The van der Waals surface area contributed by atoms with Crippen LogP contribution < -0.4 is 5.73 Å². The van der Waals surface area contributed by atoms with Crippen molar-refractivity contribution >= 4 is 22.8 Å². The number of aromatic nitrogens is 2. The zero-order valence-corrected chi connectivity index (χ0v) is 10.5. The van der Waals surface area contributed by atoms with E-state index in [0.29, 0.717) is 0 Å². The van der Waals surface area contributed by atoms with Gasteiger partial charge in [0, 0.05) is 7.05 Å². The summed E-state index contributed by atoms with van der Waals surface area (Å²) in [4.78, 5) is 4.59. The molecule has 0 radical (unpaired) electrons. The van der Waals surface area contributed by atoms with Crippen molar-refractivity contribution in [3.8, 4) is 0 Å². The molecule has 0 aliphatic carbocycles. The number of rotatable bonds is 4. The van der Waals surface area contributed by atoms with E-state index in [0.717, 1.165) is 29.0 Å². The quantitative estimate of drug-likeness (QED) is 0.884. The van der Waals surface area contributed by atoms with Crippen LogP contribution in [-0.4, -0.2) is 21.6 Å². The van der Waals surface area contributed by atoms with E-state index in [1.165, 1.54) is 0 Å². The molecule has 1 aromatic heterocycles. The van der Waals surface area contributed by atoms with Crippen LogP contribution >= 0.6 is 11.8 Å². The third-order valence-electron chi connectivity index (χ3n) is 2.79. The number of hydrogen-bond donors (Lipinski definition) is 1. The minimum Gasteiger partial charge on any atom is -0.330 e. The summed E-state index contributed by atoms with van der Waals surface area (Å²) in [7, 11) is 2.03. The monoisotopic (exact) mass is 235 g/mol. The molecule has 1 aromatic carbocycles. The maximum Gasteiger partial charge on any atom is 0.126 e. The lowest BCUT2D eigenvalue weighted by Crippen LogP contribution is -2.16. The van der Waals surface area contributed by atoms with Crippen molar-refractivity contribution in [3.05, 3.63) is 30.1 Å². The van der Waals surface area contributed by atoms with Gasteiger partial charge in [-0.15, -0.1) is 0 Å². The topological polar surface area (TPSA) is 43.8 Å². The Morgan fingerprint density at radius 1 is 1.44 bits per heavy atom. The van der Waals surface area contributed by atoms with Gasteiger partial charge in [-0.05, 0) is 30.6 Å². The lowest BCUT2D eigenvalue weighted by Gasteiger charge is -2.10. The molecule has 0 fully saturated rings. The summed E-state index contributed by atoms with van der Waals surface area (Å²) in [5, 5.41) is 0. The Kier molecular flexibility index (Phi) is 3.51. The number of nitrogens with two attached hydrogens (primary N) is 1. The Morgan fingerprint density at radius 3 is 2.88 bits per heavy atom. The van der Waals surface area contributed by atoms with Gasteiger partial charge in [-0.3, -0.25) is 0 Å². The third kappa shape index (κ3) is 2.08. The number of fused-ring (bicyclic) bond motifs is 1. The minimum atomic E-state index is 0.0323. The molecule has 0 bridgehead atoms. The molecule has 0 aliphatic rings. The Hall–Kier alpha value is -1.00. The number of hydrogen-bond acceptors (Lipinski definition) is 3. The Morgan fingerprint density at radius 2 is 2.19 bits per heavy atom. The highest BCUT2D eigenvalue weighted by Crippen LogP contribution is 2.20. The Balaban J connectivity index is 2.33. The standard InChI is InChI=1S/C12H17N3S/c1-15-11-6-4-3-5-10(11)14-12(15)9(13)7-8-16-2/h3-6,9H,7-8,13H2,1-2H3/t9-/m1/s1. The molecule has 0 amide bonds. The second-order valence-corrected chi connectivity index (χ2v) is 4.89. The predicted molar refractivity (Wildman–Crippen MR) is 70.6 cm³/mol. The van der Waals surface area contributed by atoms with Crippen LogP contribution in [0.5, 0.6) is 0 Å². The summed E-state index contributed by atoms with van der Waals surface area (Å²) < 4.78 is 2.10. The summed E-state index contributed by atoms with van der Waals surface area (Å²) in [5.74, 6) is 2.06. The van der Waals surface area contributed by atoms with Gasteiger partial charge in [-0.2, -0.15) is 11.8 Å². The largest absolute Gasteiger partial charge is 0.330 e. The summed E-state index contributed by atoms with van der Waals surface area (Å²) >= 11 is 1.82. The molecule has 0 aliphatic heterocycles. The Labute approximate surface area is 100 Å². The van der Waals surface area contributed by atoms with E-state index in [1.54, 1.807) is 0 Å². The molecule has 2 N–H and O–H groups in total. The van der Waals surface area contributed by atoms with Gasteiger partial charge in [-0.1, -0.05) is 12.1 Å². The predicted octanol–water partition coefficient (Wildman–Crippen LogP) is 2.33. The van der Waals surface area contributed by atoms with Crippen molar-refractivity contribution in [1.29, 1.82) is 0 Å². The molecule has 1 heterocycles. The van der Waals surface area contributed by atoms with Crippen molar-refractivity contribution in [2.75, 3.05) is 12.0 Å². The SMILES string of the molecule is CSCC[C@@H](N)c1nc2ccccc2n1C. The summed E-state index contributed by atoms with van der Waals surface area (Å²) in [6, 6.07) is 8.17. The van der Waals surface area contributed by atoms with Gasteiger partial charge in [0.2, 0.25) is 0 Å². The van der Waals surface area contributed by atoms with Crippen LogP contribution in [0.3, 0.4) is 0 Å². The third-order valence-corrected chi connectivity index (χ3v) is 3.43. The van der Waals surface area contributed by atoms with E-state index in [4.69, 9.17) is 5.73 Å². The van der Waals surface area contributed by atoms with E-state index in [2.05, 4.69) is 21.9 Å². The van der Waals surface area contributed by atoms with Gasteiger partial charge in [0.1, 0.15) is 5.82 Å². The second-order valence-electron chi connectivity index (χ2n) is 3.91. The van der Waals surface area contributed by atoms with Crippen LogP contribution in [0.2, 0.25) is 0 Å². The highest BCUT2D eigenvalue weighted by molar-refractivity contribution is 7.98. The van der Waals surface area contributed by atoms with Gasteiger partial charge < -0.3 is 10.3 Å². The molecule has 0 saturated heterocycles. The van der Waals surface area contributed by atoms with Crippen LogP contribution in [-0.2, 0) is 7.05 Å². The van der Waals surface area contributed by atoms with E-state index in [1.807, 2.05) is 37.0 Å². The number of benzene rings is 1. The van der Waals surface area contributed by atoms with E-state index >= 15 is 0 Å². The molecule has 4 heteroatoms. The van der Waals surface area contributed by atoms with E-state index in [9.17, 15) is 0 Å². The van der Waals surface area contributed by atoms with Crippen molar-refractivity contribution in [1.82, 2.24) is 9.55 Å². The molecule has 0 saturated carbocycles. The fraction of sp³-hybridized carbons (Fsp3) is 0.417. The van der Waals surface area contributed by atoms with Crippen molar-refractivity contribution in [2.24, 2.45) is 12.8 Å². The highest BCUT2D eigenvalue weighted by Gasteiger charge is 2.13. The lowest BCUT2D eigenvalue weighted by molar-refractivity contribution is 0.628. The van der Waals surface area contributed by atoms with Crippen LogP contribution in [0, 0.1) is 0 Å². The smallest absolute Gasteiger partial charge is 0.126 e. The van der Waals surface area contributed by atoms with Crippen LogP contribution in [0.1, 0.15) is 18.3 Å².